The number of hydrogen-bond donors (Lipinski definition) is 1. The zero-order chi connectivity index (χ0) is 23.9. The molecule has 0 fully saturated rings. The van der Waals surface area contributed by atoms with Crippen LogP contribution in [0.4, 0.5) is 10.5 Å². The molecule has 1 N–H and O–H groups in total. The monoisotopic (exact) mass is 493 g/mol. The van der Waals surface area contributed by atoms with Crippen LogP contribution < -0.4 is 10.2 Å². The first-order valence-electron chi connectivity index (χ1n) is 10.3. The Hall–Kier alpha value is -3.83. The van der Waals surface area contributed by atoms with E-state index in [1.807, 2.05) is 24.3 Å². The molecular weight excluding hydrogens is 474 g/mol. The highest BCUT2D eigenvalue weighted by Gasteiger charge is 2.40. The number of anilines is 1. The molecule has 0 saturated carbocycles. The highest BCUT2D eigenvalue weighted by atomic mass is 32.2. The Balaban J connectivity index is 1.41. The summed E-state index contributed by atoms with van der Waals surface area (Å²) in [6.45, 7) is 0.144. The fourth-order valence-corrected chi connectivity index (χ4v) is 5.90. The molecule has 1 aliphatic rings. The summed E-state index contributed by atoms with van der Waals surface area (Å²) in [5.41, 5.74) is 3.48. The van der Waals surface area contributed by atoms with E-state index in [1.165, 1.54) is 30.1 Å². The van der Waals surface area contributed by atoms with E-state index in [9.17, 15) is 18.0 Å². The summed E-state index contributed by atoms with van der Waals surface area (Å²) in [7, 11) is -2.65. The van der Waals surface area contributed by atoms with E-state index < -0.39 is 22.0 Å². The fraction of sp³-hybridized carbons (Fsp3) is 0.130. The second kappa shape index (κ2) is 8.50. The highest BCUT2D eigenvalue weighted by Crippen LogP contribution is 2.35. The van der Waals surface area contributed by atoms with Gasteiger partial charge in [-0.05, 0) is 41.5 Å². The number of nitrogens with zero attached hydrogens (tertiary/aromatic N) is 4. The third-order valence-corrected chi connectivity index (χ3v) is 7.90. The van der Waals surface area contributed by atoms with Crippen LogP contribution in [0.1, 0.15) is 21.5 Å². The number of amides is 3. The van der Waals surface area contributed by atoms with Gasteiger partial charge in [0, 0.05) is 19.2 Å². The lowest BCUT2D eigenvalue weighted by molar-refractivity contribution is 0.0950. The Labute approximate surface area is 200 Å². The van der Waals surface area contributed by atoms with Gasteiger partial charge in [-0.2, -0.15) is 8.75 Å². The van der Waals surface area contributed by atoms with Gasteiger partial charge in [0.15, 0.2) is 0 Å². The third kappa shape index (κ3) is 3.88. The second-order valence-corrected chi connectivity index (χ2v) is 10.2. The van der Waals surface area contributed by atoms with Gasteiger partial charge in [-0.25, -0.2) is 17.5 Å². The summed E-state index contributed by atoms with van der Waals surface area (Å²) in [5.74, 6) is -0.427. The minimum Gasteiger partial charge on any atom is -0.348 e. The van der Waals surface area contributed by atoms with Crippen molar-refractivity contribution in [2.75, 3.05) is 11.9 Å². The molecule has 0 unspecified atom stereocenters. The molecule has 5 rings (SSSR count). The lowest BCUT2D eigenvalue weighted by Crippen LogP contribution is -2.48. The van der Waals surface area contributed by atoms with Crippen molar-refractivity contribution in [3.8, 4) is 0 Å². The summed E-state index contributed by atoms with van der Waals surface area (Å²) in [5, 5.41) is 2.80. The van der Waals surface area contributed by atoms with Crippen LogP contribution in [0.3, 0.4) is 0 Å². The van der Waals surface area contributed by atoms with E-state index in [2.05, 4.69) is 14.1 Å². The molecule has 0 saturated heterocycles. The number of carbonyl (C=O) groups is 2. The van der Waals surface area contributed by atoms with Gasteiger partial charge >= 0.3 is 6.03 Å². The molecule has 0 spiro atoms. The van der Waals surface area contributed by atoms with Crippen LogP contribution in [-0.2, 0) is 23.1 Å². The van der Waals surface area contributed by atoms with Crippen LogP contribution in [-0.4, -0.2) is 40.5 Å². The van der Waals surface area contributed by atoms with Crippen LogP contribution in [0, 0.1) is 0 Å². The number of aromatic nitrogens is 2. The molecule has 3 aromatic carbocycles. The minimum absolute atomic E-state index is 0.0897. The SMILES string of the molecule is CN1C(=O)N(Cc2ccccc2)S(=O)(=O)c2cc(C(=O)NCc3ccc4nsnc4c3)ccc21. The Bertz CT molecular complexity index is 1520. The minimum atomic E-state index is -4.16. The molecule has 0 radical (unpaired) electrons. The lowest BCUT2D eigenvalue weighted by Gasteiger charge is -2.34. The van der Waals surface area contributed by atoms with E-state index in [0.29, 0.717) is 5.56 Å². The number of urea groups is 1. The Morgan fingerprint density at radius 2 is 1.74 bits per heavy atom. The summed E-state index contributed by atoms with van der Waals surface area (Å²) < 4.78 is 35.9. The van der Waals surface area contributed by atoms with Crippen molar-refractivity contribution in [3.05, 3.63) is 83.4 Å². The molecule has 11 heteroatoms. The Morgan fingerprint density at radius 1 is 0.971 bits per heavy atom. The fourth-order valence-electron chi connectivity index (χ4n) is 3.75. The average Bonchev–Trinajstić information content (AvgIpc) is 3.32. The van der Waals surface area contributed by atoms with Crippen molar-refractivity contribution in [1.82, 2.24) is 18.4 Å². The van der Waals surface area contributed by atoms with Gasteiger partial charge in [0.1, 0.15) is 15.9 Å². The standard InChI is InChI=1S/C23H19N5O4S2/c1-27-20-10-8-17(22(29)24-13-16-7-9-18-19(11-16)26-33-25-18)12-21(20)34(31,32)28(23(27)30)14-15-5-3-2-4-6-15/h2-12H,13-14H2,1H3,(H,24,29). The maximum Gasteiger partial charge on any atom is 0.338 e. The number of benzene rings is 3. The van der Waals surface area contributed by atoms with Crippen molar-refractivity contribution < 1.29 is 18.0 Å². The topological polar surface area (TPSA) is 113 Å². The van der Waals surface area contributed by atoms with Gasteiger partial charge in [-0.15, -0.1) is 0 Å². The second-order valence-electron chi connectivity index (χ2n) is 7.79. The quantitative estimate of drug-likeness (QED) is 0.456. The summed E-state index contributed by atoms with van der Waals surface area (Å²) in [6.07, 6.45) is 0. The van der Waals surface area contributed by atoms with Crippen molar-refractivity contribution in [3.63, 3.8) is 0 Å². The maximum absolute atomic E-state index is 13.4. The van der Waals surface area contributed by atoms with Gasteiger partial charge in [-0.3, -0.25) is 9.69 Å². The van der Waals surface area contributed by atoms with Gasteiger partial charge < -0.3 is 5.32 Å². The summed E-state index contributed by atoms with van der Waals surface area (Å²) >= 11 is 1.12. The number of rotatable bonds is 5. The van der Waals surface area contributed by atoms with Crippen molar-refractivity contribution in [2.45, 2.75) is 18.0 Å². The first-order valence-corrected chi connectivity index (χ1v) is 12.5. The molecular formula is C23H19N5O4S2. The molecule has 1 aromatic heterocycles. The summed E-state index contributed by atoms with van der Waals surface area (Å²) in [6, 6.07) is 18.0. The Morgan fingerprint density at radius 3 is 2.53 bits per heavy atom. The van der Waals surface area contributed by atoms with E-state index >= 15 is 0 Å². The molecule has 3 amide bonds. The van der Waals surface area contributed by atoms with E-state index in [0.717, 1.165) is 32.6 Å². The molecule has 2 heterocycles. The number of fused-ring (bicyclic) bond motifs is 2. The largest absolute Gasteiger partial charge is 0.348 e. The van der Waals surface area contributed by atoms with Crippen molar-refractivity contribution in [2.24, 2.45) is 0 Å². The van der Waals surface area contributed by atoms with Crippen LogP contribution in [0.25, 0.3) is 11.0 Å². The van der Waals surface area contributed by atoms with Crippen LogP contribution in [0.2, 0.25) is 0 Å². The van der Waals surface area contributed by atoms with Crippen LogP contribution in [0.5, 0.6) is 0 Å². The Kier molecular flexibility index (Phi) is 5.50. The predicted octanol–water partition coefficient (Wildman–Crippen LogP) is 3.38. The van der Waals surface area contributed by atoms with Gasteiger partial charge in [0.25, 0.3) is 15.9 Å². The van der Waals surface area contributed by atoms with Gasteiger partial charge in [0.05, 0.1) is 24.0 Å². The maximum atomic E-state index is 13.4. The number of carbonyl (C=O) groups excluding carboxylic acids is 2. The molecule has 0 aliphatic carbocycles. The molecule has 0 atom stereocenters. The number of sulfonamides is 1. The van der Waals surface area contributed by atoms with Gasteiger partial charge in [-0.1, -0.05) is 36.4 Å². The van der Waals surface area contributed by atoms with E-state index in [-0.39, 0.29) is 29.2 Å². The molecule has 1 aliphatic heterocycles. The zero-order valence-corrected chi connectivity index (χ0v) is 19.6. The lowest BCUT2D eigenvalue weighted by atomic mass is 10.1. The molecule has 0 bridgehead atoms. The van der Waals surface area contributed by atoms with Gasteiger partial charge in [0.2, 0.25) is 0 Å². The van der Waals surface area contributed by atoms with Crippen molar-refractivity contribution in [1.29, 1.82) is 0 Å². The molecule has 4 aromatic rings. The smallest absolute Gasteiger partial charge is 0.338 e. The first kappa shape index (κ1) is 22.0. The van der Waals surface area contributed by atoms with Crippen molar-refractivity contribution >= 4 is 50.4 Å². The van der Waals surface area contributed by atoms with E-state index in [1.54, 1.807) is 24.3 Å². The molecule has 172 valence electrons. The normalized spacial score (nSPS) is 14.8. The van der Waals surface area contributed by atoms with Crippen LogP contribution in [0.15, 0.2) is 71.6 Å². The van der Waals surface area contributed by atoms with E-state index in [4.69, 9.17) is 0 Å². The molecule has 34 heavy (non-hydrogen) atoms. The predicted molar refractivity (Wildman–Crippen MR) is 128 cm³/mol. The number of nitrogens with one attached hydrogen (secondary N) is 1. The number of hydrogen-bond acceptors (Lipinski definition) is 7. The third-order valence-electron chi connectivity index (χ3n) is 5.59. The summed E-state index contributed by atoms with van der Waals surface area (Å²) in [4.78, 5) is 26.9. The first-order chi connectivity index (χ1) is 16.3. The highest BCUT2D eigenvalue weighted by molar-refractivity contribution is 7.90. The average molecular weight is 494 g/mol. The molecule has 9 nitrogen and oxygen atoms in total. The van der Waals surface area contributed by atoms with Crippen LogP contribution >= 0.6 is 11.7 Å². The zero-order valence-electron chi connectivity index (χ0n) is 18.0.